The molecule has 1 unspecified atom stereocenters. The highest BCUT2D eigenvalue weighted by Gasteiger charge is 2.10. The summed E-state index contributed by atoms with van der Waals surface area (Å²) in [5.74, 6) is 1.50. The van der Waals surface area contributed by atoms with E-state index in [0.29, 0.717) is 17.5 Å². The van der Waals surface area contributed by atoms with Crippen LogP contribution in [0.1, 0.15) is 24.9 Å². The number of nitrogens with one attached hydrogen (secondary N) is 1. The van der Waals surface area contributed by atoms with E-state index in [9.17, 15) is 4.79 Å². The van der Waals surface area contributed by atoms with Crippen LogP contribution >= 0.6 is 11.8 Å². The number of nitrogens with zero attached hydrogens (tertiary/aromatic N) is 2. The minimum absolute atomic E-state index is 0.123. The highest BCUT2D eigenvalue weighted by atomic mass is 32.2. The van der Waals surface area contributed by atoms with Gasteiger partial charge in [-0.05, 0) is 24.1 Å². The Morgan fingerprint density at radius 3 is 2.71 bits per heavy atom. The van der Waals surface area contributed by atoms with Gasteiger partial charge in [0.2, 0.25) is 0 Å². The molecule has 1 aromatic carbocycles. The summed E-state index contributed by atoms with van der Waals surface area (Å²) in [5, 5.41) is 6.99. The highest BCUT2D eigenvalue weighted by Crippen LogP contribution is 2.22. The molecule has 0 saturated carbocycles. The zero-order valence-corrected chi connectivity index (χ0v) is 13.0. The smallest absolute Gasteiger partial charge is 0.343 e. The number of thioether (sulfide) groups is 1. The largest absolute Gasteiger partial charge is 0.494 e. The van der Waals surface area contributed by atoms with E-state index in [1.165, 1.54) is 16.3 Å². The van der Waals surface area contributed by atoms with Crippen LogP contribution in [0.25, 0.3) is 0 Å². The Morgan fingerprint density at radius 2 is 2.14 bits per heavy atom. The first-order valence-corrected chi connectivity index (χ1v) is 7.83. The maximum Gasteiger partial charge on any atom is 0.343 e. The van der Waals surface area contributed by atoms with Crippen molar-refractivity contribution in [1.29, 1.82) is 0 Å². The molecule has 7 heteroatoms. The van der Waals surface area contributed by atoms with E-state index >= 15 is 0 Å². The topological polar surface area (TPSA) is 85.9 Å². The summed E-state index contributed by atoms with van der Waals surface area (Å²) in [6, 6.07) is 7.68. The third kappa shape index (κ3) is 4.12. The van der Waals surface area contributed by atoms with Gasteiger partial charge in [0, 0.05) is 18.8 Å². The van der Waals surface area contributed by atoms with Crippen molar-refractivity contribution in [2.24, 2.45) is 12.8 Å². The van der Waals surface area contributed by atoms with E-state index in [1.807, 2.05) is 24.3 Å². The van der Waals surface area contributed by atoms with Crippen LogP contribution in [0.5, 0.6) is 5.75 Å². The van der Waals surface area contributed by atoms with Gasteiger partial charge in [-0.15, -0.1) is 5.10 Å². The maximum absolute atomic E-state index is 11.3. The predicted octanol–water partition coefficient (Wildman–Crippen LogP) is 1.69. The molecule has 1 atom stereocenters. The number of rotatable bonds is 7. The van der Waals surface area contributed by atoms with E-state index in [1.54, 1.807) is 7.05 Å². The third-order valence-electron chi connectivity index (χ3n) is 3.01. The lowest BCUT2D eigenvalue weighted by Crippen LogP contribution is -2.15. The molecule has 21 heavy (non-hydrogen) atoms. The first kappa shape index (κ1) is 15.7. The zero-order valence-electron chi connectivity index (χ0n) is 12.2. The predicted molar refractivity (Wildman–Crippen MR) is 83.7 cm³/mol. The number of ether oxygens (including phenoxy) is 1. The van der Waals surface area contributed by atoms with Crippen molar-refractivity contribution >= 4 is 11.8 Å². The molecule has 0 spiro atoms. The van der Waals surface area contributed by atoms with E-state index < -0.39 is 0 Å². The average molecular weight is 308 g/mol. The number of nitrogens with two attached hydrogens (primary N) is 1. The van der Waals surface area contributed by atoms with Gasteiger partial charge < -0.3 is 10.5 Å². The molecule has 0 aliphatic heterocycles. The van der Waals surface area contributed by atoms with Crippen molar-refractivity contribution in [3.8, 4) is 5.75 Å². The van der Waals surface area contributed by atoms with Gasteiger partial charge in [-0.3, -0.25) is 4.57 Å². The van der Waals surface area contributed by atoms with Crippen LogP contribution in [-0.4, -0.2) is 27.1 Å². The highest BCUT2D eigenvalue weighted by molar-refractivity contribution is 7.99. The number of H-pyrrole nitrogens is 1. The maximum atomic E-state index is 11.3. The van der Waals surface area contributed by atoms with Gasteiger partial charge >= 0.3 is 5.69 Å². The minimum atomic E-state index is -0.219. The van der Waals surface area contributed by atoms with Crippen molar-refractivity contribution in [2.45, 2.75) is 24.5 Å². The van der Waals surface area contributed by atoms with Crippen molar-refractivity contribution in [2.75, 3.05) is 12.4 Å². The lowest BCUT2D eigenvalue weighted by Gasteiger charge is -2.12. The molecule has 114 valence electrons. The number of aromatic nitrogens is 3. The molecule has 6 nitrogen and oxygen atoms in total. The van der Waals surface area contributed by atoms with Gasteiger partial charge in [-0.25, -0.2) is 9.89 Å². The fraction of sp³-hybridized carbons (Fsp3) is 0.429. The fourth-order valence-electron chi connectivity index (χ4n) is 1.75. The van der Waals surface area contributed by atoms with Crippen LogP contribution in [0.2, 0.25) is 0 Å². The average Bonchev–Trinajstić information content (AvgIpc) is 2.83. The molecule has 2 aromatic rings. The van der Waals surface area contributed by atoms with Crippen LogP contribution in [0.3, 0.4) is 0 Å². The molecular weight excluding hydrogens is 288 g/mol. The molecule has 0 saturated heterocycles. The molecule has 1 heterocycles. The first-order chi connectivity index (χ1) is 10.1. The Kier molecular flexibility index (Phi) is 5.46. The molecule has 3 N–H and O–H groups in total. The normalized spacial score (nSPS) is 12.3. The molecule has 2 rings (SSSR count). The third-order valence-corrected chi connectivity index (χ3v) is 4.16. The number of hydrogen-bond acceptors (Lipinski definition) is 5. The Balaban J connectivity index is 1.92. The van der Waals surface area contributed by atoms with Gasteiger partial charge in [-0.2, -0.15) is 0 Å². The second-order valence-corrected chi connectivity index (χ2v) is 5.69. The summed E-state index contributed by atoms with van der Waals surface area (Å²) in [5.41, 5.74) is 6.98. The van der Waals surface area contributed by atoms with Crippen LogP contribution in [0, 0.1) is 0 Å². The van der Waals surface area contributed by atoms with Crippen LogP contribution in [-0.2, 0) is 7.05 Å². The summed E-state index contributed by atoms with van der Waals surface area (Å²) in [6.07, 6.45) is 0.986. The quantitative estimate of drug-likeness (QED) is 0.760. The number of hydrogen-bond donors (Lipinski definition) is 2. The molecule has 0 amide bonds. The Bertz CT molecular complexity index is 621. The van der Waals surface area contributed by atoms with E-state index in [4.69, 9.17) is 10.5 Å². The SMILES string of the molecule is CCCOc1ccc(C(N)CSc2n[nH]c(=O)n2C)cc1. The molecule has 0 aliphatic carbocycles. The van der Waals surface area contributed by atoms with Crippen LogP contribution < -0.4 is 16.2 Å². The van der Waals surface area contributed by atoms with E-state index in [-0.39, 0.29) is 11.7 Å². The Labute approximate surface area is 127 Å². The lowest BCUT2D eigenvalue weighted by atomic mass is 10.1. The Morgan fingerprint density at radius 1 is 1.43 bits per heavy atom. The van der Waals surface area contributed by atoms with Crippen molar-refractivity contribution < 1.29 is 4.74 Å². The summed E-state index contributed by atoms with van der Waals surface area (Å²) in [7, 11) is 1.68. The van der Waals surface area contributed by atoms with Gasteiger partial charge in [0.15, 0.2) is 5.16 Å². The lowest BCUT2D eigenvalue weighted by molar-refractivity contribution is 0.317. The number of aromatic amines is 1. The fourth-order valence-corrected chi connectivity index (χ4v) is 2.66. The summed E-state index contributed by atoms with van der Waals surface area (Å²) in [4.78, 5) is 11.3. The van der Waals surface area contributed by atoms with Gasteiger partial charge in [0.1, 0.15) is 5.75 Å². The second-order valence-electron chi connectivity index (χ2n) is 4.71. The molecule has 0 fully saturated rings. The standard InChI is InChI=1S/C14H20N4O2S/c1-3-8-20-11-6-4-10(5-7-11)12(15)9-21-14-17-16-13(19)18(14)2/h4-7,12H,3,8-9,15H2,1-2H3,(H,16,19). The van der Waals surface area contributed by atoms with Crippen LogP contribution in [0.4, 0.5) is 0 Å². The van der Waals surface area contributed by atoms with Crippen molar-refractivity contribution in [3.63, 3.8) is 0 Å². The summed E-state index contributed by atoms with van der Waals surface area (Å²) in [6.45, 7) is 2.79. The van der Waals surface area contributed by atoms with E-state index in [2.05, 4.69) is 17.1 Å². The second kappa shape index (κ2) is 7.33. The minimum Gasteiger partial charge on any atom is -0.494 e. The molecule has 0 radical (unpaired) electrons. The first-order valence-electron chi connectivity index (χ1n) is 6.84. The van der Waals surface area contributed by atoms with Crippen LogP contribution in [0.15, 0.2) is 34.2 Å². The van der Waals surface area contributed by atoms with E-state index in [0.717, 1.165) is 17.7 Å². The summed E-state index contributed by atoms with van der Waals surface area (Å²) < 4.78 is 7.01. The molecule has 0 aliphatic rings. The molecule has 1 aromatic heterocycles. The number of benzene rings is 1. The van der Waals surface area contributed by atoms with Gasteiger partial charge in [0.25, 0.3) is 0 Å². The van der Waals surface area contributed by atoms with Crippen molar-refractivity contribution in [3.05, 3.63) is 40.3 Å². The molecule has 0 bridgehead atoms. The zero-order chi connectivity index (χ0) is 15.2. The molecular formula is C14H20N4O2S. The summed E-state index contributed by atoms with van der Waals surface area (Å²) >= 11 is 1.45. The van der Waals surface area contributed by atoms with Gasteiger partial charge in [-0.1, -0.05) is 30.8 Å². The monoisotopic (exact) mass is 308 g/mol. The Hall–Kier alpha value is -1.73. The van der Waals surface area contributed by atoms with Gasteiger partial charge in [0.05, 0.1) is 6.61 Å². The van der Waals surface area contributed by atoms with Crippen molar-refractivity contribution in [1.82, 2.24) is 14.8 Å².